The van der Waals surface area contributed by atoms with Crippen molar-refractivity contribution in [2.75, 3.05) is 12.4 Å². The summed E-state index contributed by atoms with van der Waals surface area (Å²) < 4.78 is 5.09. The van der Waals surface area contributed by atoms with Gasteiger partial charge in [0.2, 0.25) is 0 Å². The first-order chi connectivity index (χ1) is 9.79. The summed E-state index contributed by atoms with van der Waals surface area (Å²) in [6.45, 7) is 8.45. The zero-order valence-corrected chi connectivity index (χ0v) is 14.3. The molecule has 0 atom stereocenters. The van der Waals surface area contributed by atoms with Gasteiger partial charge in [-0.25, -0.2) is 4.79 Å². The molecule has 21 heavy (non-hydrogen) atoms. The lowest BCUT2D eigenvalue weighted by Crippen LogP contribution is -2.49. The Morgan fingerprint density at radius 2 is 1.62 bits per heavy atom. The molecule has 0 spiro atoms. The molecular weight excluding hydrogens is 286 g/mol. The minimum Gasteiger partial charge on any atom is -0.467 e. The lowest BCUT2D eigenvalue weighted by Gasteiger charge is -2.36. The predicted octanol–water partition coefficient (Wildman–Crippen LogP) is 4.76. The molecule has 1 rings (SSSR count). The molecule has 0 saturated heterocycles. The van der Waals surface area contributed by atoms with Crippen LogP contribution in [0.2, 0.25) is 5.02 Å². The van der Waals surface area contributed by atoms with E-state index in [1.807, 2.05) is 24.3 Å². The van der Waals surface area contributed by atoms with Crippen molar-refractivity contribution in [3.05, 3.63) is 29.3 Å². The van der Waals surface area contributed by atoms with E-state index in [2.05, 4.69) is 33.0 Å². The summed E-state index contributed by atoms with van der Waals surface area (Å²) in [5.74, 6) is 0.546. The van der Waals surface area contributed by atoms with Crippen LogP contribution in [0.4, 0.5) is 5.69 Å². The Morgan fingerprint density at radius 3 is 2.00 bits per heavy atom. The number of benzene rings is 1. The molecule has 0 saturated carbocycles. The van der Waals surface area contributed by atoms with Crippen molar-refractivity contribution in [1.82, 2.24) is 0 Å². The summed E-state index contributed by atoms with van der Waals surface area (Å²) in [6.07, 6.45) is 1.45. The smallest absolute Gasteiger partial charge is 0.331 e. The maximum Gasteiger partial charge on any atom is 0.331 e. The Hall–Kier alpha value is -1.22. The SMILES string of the molecule is COC(=O)C(CC(C)C)(CC(C)C)Nc1ccc(Cl)cc1. The molecule has 0 unspecified atom stereocenters. The Labute approximate surface area is 133 Å². The number of carbonyl (C=O) groups is 1. The van der Waals surface area contributed by atoms with Crippen molar-refractivity contribution in [2.24, 2.45) is 11.8 Å². The van der Waals surface area contributed by atoms with Gasteiger partial charge in [-0.3, -0.25) is 0 Å². The first kappa shape index (κ1) is 17.8. The van der Waals surface area contributed by atoms with Crippen LogP contribution in [-0.4, -0.2) is 18.6 Å². The van der Waals surface area contributed by atoms with Crippen LogP contribution >= 0.6 is 11.6 Å². The Morgan fingerprint density at radius 1 is 1.14 bits per heavy atom. The Kier molecular flexibility index (Phi) is 6.53. The molecule has 0 aromatic heterocycles. The number of hydrogen-bond acceptors (Lipinski definition) is 3. The van der Waals surface area contributed by atoms with Crippen LogP contribution < -0.4 is 5.32 Å². The number of rotatable bonds is 7. The normalized spacial score (nSPS) is 11.8. The second-order valence-corrected chi connectivity index (χ2v) is 6.84. The molecule has 0 radical (unpaired) electrons. The lowest BCUT2D eigenvalue weighted by atomic mass is 9.81. The van der Waals surface area contributed by atoms with Crippen molar-refractivity contribution in [1.29, 1.82) is 0 Å². The fourth-order valence-electron chi connectivity index (χ4n) is 2.80. The summed E-state index contributed by atoms with van der Waals surface area (Å²) in [6, 6.07) is 7.41. The predicted molar refractivity (Wildman–Crippen MR) is 88.7 cm³/mol. The number of ether oxygens (including phenoxy) is 1. The van der Waals surface area contributed by atoms with Crippen molar-refractivity contribution >= 4 is 23.3 Å². The second kappa shape index (κ2) is 7.69. The van der Waals surface area contributed by atoms with Crippen molar-refractivity contribution in [2.45, 2.75) is 46.1 Å². The molecule has 0 aliphatic heterocycles. The van der Waals surface area contributed by atoms with Gasteiger partial charge in [0.15, 0.2) is 0 Å². The molecule has 0 fully saturated rings. The number of esters is 1. The van der Waals surface area contributed by atoms with Crippen molar-refractivity contribution in [3.8, 4) is 0 Å². The Bertz CT molecular complexity index is 444. The average molecular weight is 312 g/mol. The third-order valence-corrected chi connectivity index (χ3v) is 3.57. The van der Waals surface area contributed by atoms with Gasteiger partial charge < -0.3 is 10.1 Å². The summed E-state index contributed by atoms with van der Waals surface area (Å²) in [4.78, 5) is 12.5. The van der Waals surface area contributed by atoms with Crippen LogP contribution in [0.15, 0.2) is 24.3 Å². The topological polar surface area (TPSA) is 38.3 Å². The zero-order valence-electron chi connectivity index (χ0n) is 13.6. The van der Waals surface area contributed by atoms with Gasteiger partial charge in [-0.15, -0.1) is 0 Å². The number of hydrogen-bond donors (Lipinski definition) is 1. The van der Waals surface area contributed by atoms with E-state index in [1.165, 1.54) is 7.11 Å². The highest BCUT2D eigenvalue weighted by molar-refractivity contribution is 6.30. The number of halogens is 1. The number of carbonyl (C=O) groups excluding carboxylic acids is 1. The molecule has 1 aromatic rings. The molecule has 3 nitrogen and oxygen atoms in total. The van der Waals surface area contributed by atoms with Crippen molar-refractivity contribution < 1.29 is 9.53 Å². The summed E-state index contributed by atoms with van der Waals surface area (Å²) in [5, 5.41) is 4.08. The van der Waals surface area contributed by atoms with Crippen LogP contribution in [0.5, 0.6) is 0 Å². The van der Waals surface area contributed by atoms with E-state index in [0.717, 1.165) is 18.5 Å². The maximum absolute atomic E-state index is 12.5. The minimum absolute atomic E-state index is 0.208. The van der Waals surface area contributed by atoms with Gasteiger partial charge in [-0.05, 0) is 48.9 Å². The highest BCUT2D eigenvalue weighted by atomic mass is 35.5. The summed E-state index contributed by atoms with van der Waals surface area (Å²) in [7, 11) is 1.45. The second-order valence-electron chi connectivity index (χ2n) is 6.40. The molecule has 4 heteroatoms. The third kappa shape index (κ3) is 5.24. The molecule has 0 bridgehead atoms. The minimum atomic E-state index is -0.703. The molecular formula is C17H26ClNO2. The van der Waals surface area contributed by atoms with Crippen LogP contribution in [0, 0.1) is 11.8 Å². The van der Waals surface area contributed by atoms with Crippen molar-refractivity contribution in [3.63, 3.8) is 0 Å². The number of nitrogens with one attached hydrogen (secondary N) is 1. The maximum atomic E-state index is 12.5. The third-order valence-electron chi connectivity index (χ3n) is 3.32. The highest BCUT2D eigenvalue weighted by Crippen LogP contribution is 2.31. The van der Waals surface area contributed by atoms with Gasteiger partial charge in [-0.1, -0.05) is 39.3 Å². The van der Waals surface area contributed by atoms with Crippen LogP contribution in [0.3, 0.4) is 0 Å². The van der Waals surface area contributed by atoms with Gasteiger partial charge in [0.1, 0.15) is 5.54 Å². The van der Waals surface area contributed by atoms with Gasteiger partial charge >= 0.3 is 5.97 Å². The fourth-order valence-corrected chi connectivity index (χ4v) is 2.93. The van der Waals surface area contributed by atoms with E-state index in [-0.39, 0.29) is 5.97 Å². The van der Waals surface area contributed by atoms with Gasteiger partial charge in [0.05, 0.1) is 7.11 Å². The van der Waals surface area contributed by atoms with Crippen LogP contribution in [0.25, 0.3) is 0 Å². The Balaban J connectivity index is 3.13. The lowest BCUT2D eigenvalue weighted by molar-refractivity contribution is -0.147. The van der Waals surface area contributed by atoms with Crippen LogP contribution in [-0.2, 0) is 9.53 Å². The molecule has 1 aromatic carbocycles. The first-order valence-corrected chi connectivity index (χ1v) is 7.79. The van der Waals surface area contributed by atoms with Gasteiger partial charge in [0, 0.05) is 10.7 Å². The van der Waals surface area contributed by atoms with E-state index < -0.39 is 5.54 Å². The molecule has 0 amide bonds. The number of methoxy groups -OCH3 is 1. The fraction of sp³-hybridized carbons (Fsp3) is 0.588. The van der Waals surface area contributed by atoms with E-state index in [9.17, 15) is 4.79 Å². The number of anilines is 1. The summed E-state index contributed by atoms with van der Waals surface area (Å²) in [5.41, 5.74) is 0.177. The zero-order chi connectivity index (χ0) is 16.0. The monoisotopic (exact) mass is 311 g/mol. The van der Waals surface area contributed by atoms with E-state index in [0.29, 0.717) is 16.9 Å². The molecule has 0 aliphatic carbocycles. The molecule has 118 valence electrons. The first-order valence-electron chi connectivity index (χ1n) is 7.41. The van der Waals surface area contributed by atoms with Gasteiger partial charge in [0.25, 0.3) is 0 Å². The van der Waals surface area contributed by atoms with Crippen LogP contribution in [0.1, 0.15) is 40.5 Å². The summed E-state index contributed by atoms with van der Waals surface area (Å²) >= 11 is 5.92. The molecule has 1 N–H and O–H groups in total. The van der Waals surface area contributed by atoms with E-state index in [1.54, 1.807) is 0 Å². The van der Waals surface area contributed by atoms with E-state index in [4.69, 9.17) is 16.3 Å². The quantitative estimate of drug-likeness (QED) is 0.738. The highest BCUT2D eigenvalue weighted by Gasteiger charge is 2.40. The largest absolute Gasteiger partial charge is 0.467 e. The average Bonchev–Trinajstić information content (AvgIpc) is 2.38. The molecule has 0 heterocycles. The standard InChI is InChI=1S/C17H26ClNO2/c1-12(2)10-17(11-13(3)4,16(20)21-5)19-15-8-6-14(18)7-9-15/h6-9,12-13,19H,10-11H2,1-5H3. The molecule has 0 aliphatic rings. The van der Waals surface area contributed by atoms with E-state index >= 15 is 0 Å². The van der Waals surface area contributed by atoms with Gasteiger partial charge in [-0.2, -0.15) is 0 Å².